The maximum Gasteiger partial charge on any atom is 0.247 e. The maximum atomic E-state index is 13.5. The van der Waals surface area contributed by atoms with Gasteiger partial charge in [-0.1, -0.05) is 11.2 Å². The molecular formula is C17H18N4O4S. The molecule has 0 amide bonds. The first-order valence-electron chi connectivity index (χ1n) is 8.22. The molecule has 0 aliphatic carbocycles. The summed E-state index contributed by atoms with van der Waals surface area (Å²) in [5.41, 5.74) is 1.60. The van der Waals surface area contributed by atoms with Crippen LogP contribution in [0.3, 0.4) is 0 Å². The molecule has 9 heteroatoms. The van der Waals surface area contributed by atoms with Crippen molar-refractivity contribution in [1.82, 2.24) is 19.4 Å². The topological polar surface area (TPSA) is 98.4 Å². The van der Waals surface area contributed by atoms with Crippen LogP contribution in [0.4, 0.5) is 0 Å². The molecule has 2 aromatic heterocycles. The Morgan fingerprint density at radius 1 is 1.23 bits per heavy atom. The monoisotopic (exact) mass is 374 g/mol. The molecule has 0 bridgehead atoms. The quantitative estimate of drug-likeness (QED) is 0.691. The molecule has 26 heavy (non-hydrogen) atoms. The predicted molar refractivity (Wildman–Crippen MR) is 93.0 cm³/mol. The molecule has 0 spiro atoms. The Kier molecular flexibility index (Phi) is 4.22. The van der Waals surface area contributed by atoms with Gasteiger partial charge in [-0.05, 0) is 37.6 Å². The van der Waals surface area contributed by atoms with Crippen LogP contribution in [0.2, 0.25) is 0 Å². The van der Waals surface area contributed by atoms with E-state index in [1.807, 2.05) is 6.92 Å². The Morgan fingerprint density at radius 2 is 2.08 bits per heavy atom. The van der Waals surface area contributed by atoms with E-state index in [9.17, 15) is 8.42 Å². The van der Waals surface area contributed by atoms with Crippen LogP contribution in [-0.4, -0.2) is 47.6 Å². The van der Waals surface area contributed by atoms with Crippen molar-refractivity contribution in [2.24, 2.45) is 0 Å². The minimum atomic E-state index is -3.81. The van der Waals surface area contributed by atoms with Crippen LogP contribution in [0.1, 0.15) is 23.3 Å². The van der Waals surface area contributed by atoms with Crippen LogP contribution in [-0.2, 0) is 14.8 Å². The lowest BCUT2D eigenvalue weighted by atomic mass is 10.1. The number of aromatic nitrogens is 3. The molecule has 0 N–H and O–H groups in total. The van der Waals surface area contributed by atoms with E-state index in [4.69, 9.17) is 9.26 Å². The lowest BCUT2D eigenvalue weighted by Gasteiger charge is -2.32. The van der Waals surface area contributed by atoms with Crippen molar-refractivity contribution < 1.29 is 17.7 Å². The highest BCUT2D eigenvalue weighted by molar-refractivity contribution is 7.89. The average molecular weight is 374 g/mol. The standard InChI is InChI=1S/C17H18N4O4S/c1-11-5-6-15(13-4-3-7-18-16(11)13)26(22,23)21-8-9-24-10-14(21)17-19-12(2)20-25-17/h3-7,14H,8-10H2,1-2H3/t14-/m0/s1. The number of rotatable bonds is 3. The minimum Gasteiger partial charge on any atom is -0.378 e. The molecule has 1 atom stereocenters. The summed E-state index contributed by atoms with van der Waals surface area (Å²) >= 11 is 0. The van der Waals surface area contributed by atoms with Crippen molar-refractivity contribution in [3.8, 4) is 0 Å². The second-order valence-corrected chi connectivity index (χ2v) is 8.03. The van der Waals surface area contributed by atoms with E-state index in [1.165, 1.54) is 4.31 Å². The highest BCUT2D eigenvalue weighted by Gasteiger charge is 2.39. The van der Waals surface area contributed by atoms with Gasteiger partial charge in [-0.2, -0.15) is 9.29 Å². The van der Waals surface area contributed by atoms with Crippen LogP contribution < -0.4 is 0 Å². The smallest absolute Gasteiger partial charge is 0.247 e. The van der Waals surface area contributed by atoms with E-state index in [0.717, 1.165) is 5.56 Å². The van der Waals surface area contributed by atoms with E-state index >= 15 is 0 Å². The highest BCUT2D eigenvalue weighted by atomic mass is 32.2. The summed E-state index contributed by atoms with van der Waals surface area (Å²) in [6.07, 6.45) is 1.66. The number of sulfonamides is 1. The molecule has 136 valence electrons. The second kappa shape index (κ2) is 6.42. The number of morpholine rings is 1. The van der Waals surface area contributed by atoms with Crippen molar-refractivity contribution in [1.29, 1.82) is 0 Å². The molecule has 1 aromatic carbocycles. The van der Waals surface area contributed by atoms with Crippen molar-refractivity contribution in [3.63, 3.8) is 0 Å². The number of nitrogens with zero attached hydrogens (tertiary/aromatic N) is 4. The van der Waals surface area contributed by atoms with Crippen LogP contribution >= 0.6 is 0 Å². The summed E-state index contributed by atoms with van der Waals surface area (Å²) in [6, 6.07) is 6.25. The van der Waals surface area contributed by atoms with Gasteiger partial charge in [-0.15, -0.1) is 0 Å². The number of benzene rings is 1. The third-order valence-electron chi connectivity index (χ3n) is 4.43. The minimum absolute atomic E-state index is 0.170. The summed E-state index contributed by atoms with van der Waals surface area (Å²) in [5.74, 6) is 0.688. The van der Waals surface area contributed by atoms with Gasteiger partial charge >= 0.3 is 0 Å². The SMILES string of the molecule is Cc1noc([C@@H]2COCCN2S(=O)(=O)c2ccc(C)c3ncccc23)n1. The largest absolute Gasteiger partial charge is 0.378 e. The van der Waals surface area contributed by atoms with Gasteiger partial charge in [-0.3, -0.25) is 4.98 Å². The molecule has 1 aliphatic rings. The summed E-state index contributed by atoms with van der Waals surface area (Å²) in [6.45, 7) is 4.29. The average Bonchev–Trinajstić information content (AvgIpc) is 3.08. The number of hydrogen-bond donors (Lipinski definition) is 0. The molecule has 0 unspecified atom stereocenters. The Bertz CT molecular complexity index is 1060. The lowest BCUT2D eigenvalue weighted by molar-refractivity contribution is 0.0203. The van der Waals surface area contributed by atoms with Gasteiger partial charge in [0, 0.05) is 18.1 Å². The molecule has 0 saturated carbocycles. The number of ether oxygens (including phenoxy) is 1. The second-order valence-electron chi connectivity index (χ2n) is 6.17. The van der Waals surface area contributed by atoms with Gasteiger partial charge in [0.2, 0.25) is 15.9 Å². The molecule has 4 rings (SSSR count). The maximum absolute atomic E-state index is 13.5. The molecule has 3 aromatic rings. The van der Waals surface area contributed by atoms with Crippen LogP contribution in [0.5, 0.6) is 0 Å². The Labute approximate surface area is 150 Å². The normalized spacial score (nSPS) is 19.1. The van der Waals surface area contributed by atoms with E-state index in [2.05, 4.69) is 15.1 Å². The van der Waals surface area contributed by atoms with Gasteiger partial charge in [0.15, 0.2) is 5.82 Å². The Hall–Kier alpha value is -2.36. The van der Waals surface area contributed by atoms with Crippen molar-refractivity contribution >= 4 is 20.9 Å². The fourth-order valence-electron chi connectivity index (χ4n) is 3.16. The van der Waals surface area contributed by atoms with E-state index in [0.29, 0.717) is 23.3 Å². The highest BCUT2D eigenvalue weighted by Crippen LogP contribution is 2.33. The number of fused-ring (bicyclic) bond motifs is 1. The van der Waals surface area contributed by atoms with Gasteiger partial charge in [0.05, 0.1) is 23.6 Å². The molecular weight excluding hydrogens is 356 g/mol. The number of pyridine rings is 1. The fourth-order valence-corrected chi connectivity index (χ4v) is 4.89. The van der Waals surface area contributed by atoms with Crippen molar-refractivity contribution in [3.05, 3.63) is 47.7 Å². The molecule has 8 nitrogen and oxygen atoms in total. The molecule has 1 saturated heterocycles. The summed E-state index contributed by atoms with van der Waals surface area (Å²) in [5, 5.41) is 4.37. The summed E-state index contributed by atoms with van der Waals surface area (Å²) in [4.78, 5) is 8.74. The zero-order valence-electron chi connectivity index (χ0n) is 14.4. The molecule has 1 aliphatic heterocycles. The first-order chi connectivity index (χ1) is 12.5. The first kappa shape index (κ1) is 17.1. The lowest BCUT2D eigenvalue weighted by Crippen LogP contribution is -2.43. The third kappa shape index (κ3) is 2.77. The Balaban J connectivity index is 1.84. The van der Waals surface area contributed by atoms with E-state index in [-0.39, 0.29) is 23.9 Å². The van der Waals surface area contributed by atoms with Crippen LogP contribution in [0.15, 0.2) is 39.9 Å². The molecule has 0 radical (unpaired) electrons. The van der Waals surface area contributed by atoms with Gasteiger partial charge in [-0.25, -0.2) is 8.42 Å². The van der Waals surface area contributed by atoms with Gasteiger partial charge < -0.3 is 9.26 Å². The zero-order chi connectivity index (χ0) is 18.3. The molecule has 1 fully saturated rings. The summed E-state index contributed by atoms with van der Waals surface area (Å²) in [7, 11) is -3.81. The summed E-state index contributed by atoms with van der Waals surface area (Å²) < 4.78 is 39.0. The van der Waals surface area contributed by atoms with Crippen molar-refractivity contribution in [2.45, 2.75) is 24.8 Å². The van der Waals surface area contributed by atoms with E-state index < -0.39 is 16.1 Å². The van der Waals surface area contributed by atoms with Crippen molar-refractivity contribution in [2.75, 3.05) is 19.8 Å². The number of aryl methyl sites for hydroxylation is 2. The first-order valence-corrected chi connectivity index (χ1v) is 9.66. The van der Waals surface area contributed by atoms with Gasteiger partial charge in [0.25, 0.3) is 0 Å². The zero-order valence-corrected chi connectivity index (χ0v) is 15.2. The van der Waals surface area contributed by atoms with Gasteiger partial charge in [0.1, 0.15) is 6.04 Å². The number of hydrogen-bond acceptors (Lipinski definition) is 7. The predicted octanol–water partition coefficient (Wildman–Crippen LogP) is 2.00. The molecule has 3 heterocycles. The third-order valence-corrected chi connectivity index (χ3v) is 6.39. The van der Waals surface area contributed by atoms with Crippen LogP contribution in [0, 0.1) is 13.8 Å². The fraction of sp³-hybridized carbons (Fsp3) is 0.353. The Morgan fingerprint density at radius 3 is 2.85 bits per heavy atom. The van der Waals surface area contributed by atoms with E-state index in [1.54, 1.807) is 37.4 Å². The van der Waals surface area contributed by atoms with Crippen LogP contribution in [0.25, 0.3) is 10.9 Å².